The van der Waals surface area contributed by atoms with E-state index >= 15 is 0 Å². The van der Waals surface area contributed by atoms with Crippen molar-refractivity contribution in [3.63, 3.8) is 0 Å². The van der Waals surface area contributed by atoms with Gasteiger partial charge >= 0.3 is 0 Å². The zero-order chi connectivity index (χ0) is 19.0. The monoisotopic (exact) mass is 381 g/mol. The summed E-state index contributed by atoms with van der Waals surface area (Å²) in [5.41, 5.74) is 3.07. The van der Waals surface area contributed by atoms with Crippen LogP contribution in [0.3, 0.4) is 0 Å². The maximum atomic E-state index is 12.9. The predicted molar refractivity (Wildman–Crippen MR) is 104 cm³/mol. The van der Waals surface area contributed by atoms with Crippen LogP contribution in [0.15, 0.2) is 36.5 Å². The Labute approximate surface area is 165 Å². The highest BCUT2D eigenvalue weighted by Gasteiger charge is 2.44. The third-order valence-electron chi connectivity index (χ3n) is 6.45. The van der Waals surface area contributed by atoms with Gasteiger partial charge in [0, 0.05) is 38.4 Å². The minimum atomic E-state index is -0.347. The van der Waals surface area contributed by atoms with Crippen molar-refractivity contribution in [3.05, 3.63) is 47.8 Å². The molecule has 148 valence electrons. The van der Waals surface area contributed by atoms with Crippen LogP contribution in [0.1, 0.15) is 36.9 Å². The van der Waals surface area contributed by atoms with Crippen LogP contribution in [-0.4, -0.2) is 53.5 Å². The highest BCUT2D eigenvalue weighted by Crippen LogP contribution is 2.41. The molecule has 2 saturated heterocycles. The lowest BCUT2D eigenvalue weighted by molar-refractivity contribution is -0.147. The molecular formula is C22H27N3O3. The quantitative estimate of drug-likeness (QED) is 0.803. The summed E-state index contributed by atoms with van der Waals surface area (Å²) in [4.78, 5) is 14.9. The second kappa shape index (κ2) is 7.33. The standard InChI is InChI=1S/C22H27N3O3/c26-21(17-6-13-27-14-7-17)24-11-9-22(10-12-24)20-18(8-15-28-22)16-25(23-20)19-4-2-1-3-5-19/h1-5,16-17H,6-15H2. The number of carbonyl (C=O) groups is 1. The molecule has 3 aliphatic rings. The molecule has 0 atom stereocenters. The van der Waals surface area contributed by atoms with Gasteiger partial charge in [0.05, 0.1) is 18.0 Å². The van der Waals surface area contributed by atoms with E-state index < -0.39 is 0 Å². The predicted octanol–water partition coefficient (Wildman–Crippen LogP) is 2.69. The van der Waals surface area contributed by atoms with Gasteiger partial charge in [-0.2, -0.15) is 5.10 Å². The molecule has 1 aromatic carbocycles. The Morgan fingerprint density at radius 3 is 2.57 bits per heavy atom. The van der Waals surface area contributed by atoms with E-state index in [1.54, 1.807) is 0 Å². The minimum absolute atomic E-state index is 0.128. The molecule has 0 unspecified atom stereocenters. The second-order valence-corrected chi connectivity index (χ2v) is 8.09. The summed E-state index contributed by atoms with van der Waals surface area (Å²) in [7, 11) is 0. The summed E-state index contributed by atoms with van der Waals surface area (Å²) in [6.07, 6.45) is 6.38. The first-order valence-corrected chi connectivity index (χ1v) is 10.4. The van der Waals surface area contributed by atoms with Crippen molar-refractivity contribution in [2.24, 2.45) is 5.92 Å². The number of rotatable bonds is 2. The summed E-state index contributed by atoms with van der Waals surface area (Å²) in [6.45, 7) is 3.62. The molecule has 3 aliphatic heterocycles. The molecular weight excluding hydrogens is 354 g/mol. The largest absolute Gasteiger partial charge is 0.381 e. The van der Waals surface area contributed by atoms with Crippen LogP contribution >= 0.6 is 0 Å². The Morgan fingerprint density at radius 2 is 1.82 bits per heavy atom. The lowest BCUT2D eigenvalue weighted by atomic mass is 9.83. The Balaban J connectivity index is 1.34. The highest BCUT2D eigenvalue weighted by molar-refractivity contribution is 5.79. The molecule has 0 N–H and O–H groups in total. The minimum Gasteiger partial charge on any atom is -0.381 e. The number of hydrogen-bond acceptors (Lipinski definition) is 4. The van der Waals surface area contributed by atoms with Crippen molar-refractivity contribution in [1.29, 1.82) is 0 Å². The number of hydrogen-bond donors (Lipinski definition) is 0. The van der Waals surface area contributed by atoms with Crippen LogP contribution in [0.2, 0.25) is 0 Å². The van der Waals surface area contributed by atoms with Gasteiger partial charge in [-0.1, -0.05) is 18.2 Å². The van der Waals surface area contributed by atoms with E-state index in [2.05, 4.69) is 18.3 Å². The maximum absolute atomic E-state index is 12.9. The molecule has 1 amide bonds. The normalized spacial score (nSPS) is 22.2. The molecule has 5 rings (SSSR count). The van der Waals surface area contributed by atoms with Crippen LogP contribution in [0.4, 0.5) is 0 Å². The lowest BCUT2D eigenvalue weighted by Gasteiger charge is -2.43. The van der Waals surface area contributed by atoms with Gasteiger partial charge in [0.2, 0.25) is 5.91 Å². The SMILES string of the molecule is O=C(C1CCOCC1)N1CCC2(CC1)OCCc1cn(-c3ccccc3)nc12. The molecule has 0 saturated carbocycles. The first kappa shape index (κ1) is 17.9. The fourth-order valence-corrected chi connectivity index (χ4v) is 4.79. The van der Waals surface area contributed by atoms with E-state index in [0.29, 0.717) is 19.1 Å². The number of para-hydroxylation sites is 1. The fourth-order valence-electron chi connectivity index (χ4n) is 4.79. The summed E-state index contributed by atoms with van der Waals surface area (Å²) in [5.74, 6) is 0.423. The summed E-state index contributed by atoms with van der Waals surface area (Å²) >= 11 is 0. The van der Waals surface area contributed by atoms with E-state index in [4.69, 9.17) is 14.6 Å². The smallest absolute Gasteiger partial charge is 0.225 e. The van der Waals surface area contributed by atoms with Crippen LogP contribution in [0, 0.1) is 5.92 Å². The molecule has 28 heavy (non-hydrogen) atoms. The number of ether oxygens (including phenoxy) is 2. The van der Waals surface area contributed by atoms with Crippen molar-refractivity contribution < 1.29 is 14.3 Å². The van der Waals surface area contributed by atoms with Crippen LogP contribution in [-0.2, 0) is 26.3 Å². The maximum Gasteiger partial charge on any atom is 0.225 e. The van der Waals surface area contributed by atoms with Crippen LogP contribution in [0.25, 0.3) is 5.69 Å². The number of benzene rings is 1. The molecule has 0 radical (unpaired) electrons. The van der Waals surface area contributed by atoms with Gasteiger partial charge in [-0.3, -0.25) is 4.79 Å². The first-order valence-electron chi connectivity index (χ1n) is 10.4. The summed E-state index contributed by atoms with van der Waals surface area (Å²) in [6, 6.07) is 10.2. The van der Waals surface area contributed by atoms with Gasteiger partial charge in [0.1, 0.15) is 5.60 Å². The number of amides is 1. The Bertz CT molecular complexity index is 834. The van der Waals surface area contributed by atoms with E-state index in [1.165, 1.54) is 5.56 Å². The average Bonchev–Trinajstić information content (AvgIpc) is 3.21. The third-order valence-corrected chi connectivity index (χ3v) is 6.45. The van der Waals surface area contributed by atoms with Crippen molar-refractivity contribution in [2.75, 3.05) is 32.9 Å². The van der Waals surface area contributed by atoms with Crippen molar-refractivity contribution >= 4 is 5.91 Å². The van der Waals surface area contributed by atoms with E-state index in [0.717, 1.165) is 63.2 Å². The van der Waals surface area contributed by atoms with Crippen molar-refractivity contribution in [3.8, 4) is 5.69 Å². The molecule has 1 spiro atoms. The van der Waals surface area contributed by atoms with E-state index in [9.17, 15) is 4.79 Å². The van der Waals surface area contributed by atoms with E-state index in [-0.39, 0.29) is 11.5 Å². The summed E-state index contributed by atoms with van der Waals surface area (Å²) in [5, 5.41) is 4.93. The summed E-state index contributed by atoms with van der Waals surface area (Å²) < 4.78 is 13.7. The Kier molecular flexibility index (Phi) is 4.69. The van der Waals surface area contributed by atoms with E-state index in [1.807, 2.05) is 27.8 Å². The Morgan fingerprint density at radius 1 is 1.07 bits per heavy atom. The van der Waals surface area contributed by atoms with Gasteiger partial charge in [-0.05, 0) is 49.8 Å². The van der Waals surface area contributed by atoms with Gasteiger partial charge in [0.15, 0.2) is 0 Å². The molecule has 4 heterocycles. The molecule has 0 bridgehead atoms. The molecule has 6 nitrogen and oxygen atoms in total. The number of fused-ring (bicyclic) bond motifs is 2. The number of carbonyl (C=O) groups excluding carboxylic acids is 1. The molecule has 2 aromatic rings. The van der Waals surface area contributed by atoms with Gasteiger partial charge < -0.3 is 14.4 Å². The molecule has 0 aliphatic carbocycles. The van der Waals surface area contributed by atoms with Gasteiger partial charge in [-0.25, -0.2) is 4.68 Å². The molecule has 2 fully saturated rings. The molecule has 6 heteroatoms. The molecule has 1 aromatic heterocycles. The zero-order valence-corrected chi connectivity index (χ0v) is 16.2. The van der Waals surface area contributed by atoms with Crippen molar-refractivity contribution in [1.82, 2.24) is 14.7 Å². The average molecular weight is 381 g/mol. The fraction of sp³-hybridized carbons (Fsp3) is 0.545. The van der Waals surface area contributed by atoms with Crippen LogP contribution in [0.5, 0.6) is 0 Å². The third kappa shape index (κ3) is 3.14. The van der Waals surface area contributed by atoms with Gasteiger partial charge in [0.25, 0.3) is 0 Å². The number of piperidine rings is 1. The number of aromatic nitrogens is 2. The highest BCUT2D eigenvalue weighted by atomic mass is 16.5. The van der Waals surface area contributed by atoms with Crippen molar-refractivity contribution in [2.45, 2.75) is 37.7 Å². The first-order chi connectivity index (χ1) is 13.8. The number of likely N-dealkylation sites (tertiary alicyclic amines) is 1. The zero-order valence-electron chi connectivity index (χ0n) is 16.2. The lowest BCUT2D eigenvalue weighted by Crippen LogP contribution is -2.50. The van der Waals surface area contributed by atoms with Crippen LogP contribution < -0.4 is 0 Å². The van der Waals surface area contributed by atoms with Gasteiger partial charge in [-0.15, -0.1) is 0 Å². The second-order valence-electron chi connectivity index (χ2n) is 8.09. The topological polar surface area (TPSA) is 56.6 Å². The Hall–Kier alpha value is -2.18. The number of nitrogens with zero attached hydrogens (tertiary/aromatic N) is 3.